The van der Waals surface area contributed by atoms with Crippen LogP contribution in [0.2, 0.25) is 0 Å². The van der Waals surface area contributed by atoms with Gasteiger partial charge in [-0.15, -0.1) is 11.3 Å². The van der Waals surface area contributed by atoms with Crippen LogP contribution in [0.25, 0.3) is 0 Å². The molecule has 124 valence electrons. The average molecular weight is 353 g/mol. The summed E-state index contributed by atoms with van der Waals surface area (Å²) in [4.78, 5) is 16.6. The van der Waals surface area contributed by atoms with Gasteiger partial charge < -0.3 is 5.32 Å². The van der Waals surface area contributed by atoms with E-state index in [1.54, 1.807) is 12.1 Å². The fraction of sp³-hybridized carbons (Fsp3) is 0.333. The van der Waals surface area contributed by atoms with E-state index < -0.39 is 10.0 Å². The minimum Gasteiger partial charge on any atom is -0.320 e. The number of sulfonamides is 1. The zero-order chi connectivity index (χ0) is 17.2. The van der Waals surface area contributed by atoms with Gasteiger partial charge in [0.2, 0.25) is 10.0 Å². The van der Waals surface area contributed by atoms with Crippen molar-refractivity contribution in [2.24, 2.45) is 0 Å². The molecule has 0 saturated heterocycles. The van der Waals surface area contributed by atoms with Crippen LogP contribution in [0.1, 0.15) is 35.3 Å². The van der Waals surface area contributed by atoms with Crippen LogP contribution in [-0.4, -0.2) is 37.7 Å². The molecule has 0 bridgehead atoms. The Morgan fingerprint density at radius 2 is 1.83 bits per heavy atom. The molecule has 0 saturated carbocycles. The van der Waals surface area contributed by atoms with E-state index in [1.807, 2.05) is 19.2 Å². The highest BCUT2D eigenvalue weighted by molar-refractivity contribution is 7.89. The van der Waals surface area contributed by atoms with Gasteiger partial charge >= 0.3 is 0 Å². The van der Waals surface area contributed by atoms with Crippen LogP contribution < -0.4 is 5.32 Å². The molecule has 0 aliphatic heterocycles. The maximum Gasteiger partial charge on any atom is 0.284 e. The lowest BCUT2D eigenvalue weighted by Crippen LogP contribution is -2.22. The molecule has 0 aliphatic carbocycles. The summed E-state index contributed by atoms with van der Waals surface area (Å²) in [5.41, 5.74) is 1.40. The molecule has 23 heavy (non-hydrogen) atoms. The van der Waals surface area contributed by atoms with Gasteiger partial charge in [0.25, 0.3) is 5.91 Å². The van der Waals surface area contributed by atoms with E-state index in [0.29, 0.717) is 10.7 Å². The summed E-state index contributed by atoms with van der Waals surface area (Å²) in [5, 5.41) is 4.97. The second-order valence-electron chi connectivity index (χ2n) is 5.50. The molecule has 1 amide bonds. The van der Waals surface area contributed by atoms with E-state index in [0.717, 1.165) is 10.00 Å². The van der Waals surface area contributed by atoms with Crippen molar-refractivity contribution in [2.75, 3.05) is 19.4 Å². The number of carbonyl (C=O) groups is 1. The first-order chi connectivity index (χ1) is 10.7. The molecule has 6 nitrogen and oxygen atoms in total. The molecule has 0 aliphatic rings. The van der Waals surface area contributed by atoms with E-state index in [1.165, 1.54) is 37.6 Å². The standard InChI is InChI=1S/C15H19N3O3S2/c1-10(2)13-9-22-15(17-13)14(19)16-11-5-7-12(8-6-11)23(20,21)18(3)4/h5-10H,1-4H3,(H,16,19). The Morgan fingerprint density at radius 1 is 1.22 bits per heavy atom. The Kier molecular flexibility index (Phi) is 5.18. The van der Waals surface area contributed by atoms with Crippen LogP contribution in [0.4, 0.5) is 5.69 Å². The lowest BCUT2D eigenvalue weighted by atomic mass is 10.2. The van der Waals surface area contributed by atoms with Crippen molar-refractivity contribution in [3.05, 3.63) is 40.3 Å². The number of rotatable bonds is 5. The van der Waals surface area contributed by atoms with E-state index in [9.17, 15) is 13.2 Å². The topological polar surface area (TPSA) is 79.4 Å². The minimum absolute atomic E-state index is 0.178. The van der Waals surface area contributed by atoms with Gasteiger partial charge in [0, 0.05) is 25.2 Å². The second-order valence-corrected chi connectivity index (χ2v) is 8.51. The van der Waals surface area contributed by atoms with Crippen LogP contribution in [-0.2, 0) is 10.0 Å². The maximum atomic E-state index is 12.2. The second kappa shape index (κ2) is 6.77. The van der Waals surface area contributed by atoms with Crippen LogP contribution in [0.3, 0.4) is 0 Å². The predicted octanol–water partition coefficient (Wildman–Crippen LogP) is 2.77. The molecule has 0 radical (unpaired) electrons. The molecule has 1 aromatic carbocycles. The number of nitrogens with one attached hydrogen (secondary N) is 1. The highest BCUT2D eigenvalue weighted by Crippen LogP contribution is 2.20. The Labute approximate surface area is 140 Å². The lowest BCUT2D eigenvalue weighted by Gasteiger charge is -2.11. The number of anilines is 1. The van der Waals surface area contributed by atoms with E-state index in [2.05, 4.69) is 10.3 Å². The van der Waals surface area contributed by atoms with Gasteiger partial charge in [-0.05, 0) is 30.2 Å². The van der Waals surface area contributed by atoms with Gasteiger partial charge in [0.05, 0.1) is 10.6 Å². The summed E-state index contributed by atoms with van der Waals surface area (Å²) < 4.78 is 25.1. The number of amides is 1. The highest BCUT2D eigenvalue weighted by atomic mass is 32.2. The minimum atomic E-state index is -3.47. The number of aromatic nitrogens is 1. The maximum absolute atomic E-state index is 12.2. The van der Waals surface area contributed by atoms with Crippen molar-refractivity contribution in [3.8, 4) is 0 Å². The third-order valence-corrected chi connectivity index (χ3v) is 5.89. The van der Waals surface area contributed by atoms with Crippen molar-refractivity contribution in [2.45, 2.75) is 24.7 Å². The molecular weight excluding hydrogens is 334 g/mol. The SMILES string of the molecule is CC(C)c1csc(C(=O)Nc2ccc(S(=O)(=O)N(C)C)cc2)n1. The molecule has 1 aromatic heterocycles. The normalized spacial score (nSPS) is 11.9. The molecule has 1 heterocycles. The van der Waals surface area contributed by atoms with Crippen molar-refractivity contribution in [3.63, 3.8) is 0 Å². The molecule has 2 rings (SSSR count). The quantitative estimate of drug-likeness (QED) is 0.896. The Balaban J connectivity index is 2.13. The highest BCUT2D eigenvalue weighted by Gasteiger charge is 2.17. The Morgan fingerprint density at radius 3 is 2.30 bits per heavy atom. The first kappa shape index (κ1) is 17.6. The predicted molar refractivity (Wildman–Crippen MR) is 91.5 cm³/mol. The number of hydrogen-bond donors (Lipinski definition) is 1. The van der Waals surface area contributed by atoms with Gasteiger partial charge in [0.15, 0.2) is 5.01 Å². The van der Waals surface area contributed by atoms with Crippen molar-refractivity contribution in [1.82, 2.24) is 9.29 Å². The fourth-order valence-corrected chi connectivity index (χ4v) is 3.54. The molecule has 0 fully saturated rings. The van der Waals surface area contributed by atoms with Crippen LogP contribution in [0, 0.1) is 0 Å². The van der Waals surface area contributed by atoms with Crippen molar-refractivity contribution >= 4 is 33.0 Å². The number of thiazole rings is 1. The molecular formula is C15H19N3O3S2. The van der Waals surface area contributed by atoms with Crippen LogP contribution in [0.15, 0.2) is 34.5 Å². The Bertz CT molecular complexity index is 794. The smallest absolute Gasteiger partial charge is 0.284 e. The van der Waals surface area contributed by atoms with Gasteiger partial charge in [-0.1, -0.05) is 13.8 Å². The first-order valence-corrected chi connectivity index (χ1v) is 9.33. The summed E-state index contributed by atoms with van der Waals surface area (Å²) in [6.07, 6.45) is 0. The summed E-state index contributed by atoms with van der Waals surface area (Å²) in [6, 6.07) is 6.05. The van der Waals surface area contributed by atoms with E-state index in [4.69, 9.17) is 0 Å². The van der Waals surface area contributed by atoms with Crippen LogP contribution >= 0.6 is 11.3 Å². The van der Waals surface area contributed by atoms with Gasteiger partial charge in [-0.3, -0.25) is 4.79 Å². The van der Waals surface area contributed by atoms with Crippen molar-refractivity contribution < 1.29 is 13.2 Å². The largest absolute Gasteiger partial charge is 0.320 e. The van der Waals surface area contributed by atoms with E-state index >= 15 is 0 Å². The number of carbonyl (C=O) groups excluding carboxylic acids is 1. The summed E-state index contributed by atoms with van der Waals surface area (Å²) in [7, 11) is -0.526. The zero-order valence-corrected chi connectivity index (χ0v) is 15.0. The Hall–Kier alpha value is -1.77. The third kappa shape index (κ3) is 3.95. The fourth-order valence-electron chi connectivity index (χ4n) is 1.76. The van der Waals surface area contributed by atoms with Crippen LogP contribution in [0.5, 0.6) is 0 Å². The zero-order valence-electron chi connectivity index (χ0n) is 13.4. The molecule has 8 heteroatoms. The molecule has 2 aromatic rings. The summed E-state index contributed by atoms with van der Waals surface area (Å²) in [5.74, 6) is -0.0339. The van der Waals surface area contributed by atoms with Gasteiger partial charge in [0.1, 0.15) is 0 Å². The number of nitrogens with zero attached hydrogens (tertiary/aromatic N) is 2. The van der Waals surface area contributed by atoms with Crippen molar-refractivity contribution in [1.29, 1.82) is 0 Å². The number of hydrogen-bond acceptors (Lipinski definition) is 5. The number of benzene rings is 1. The lowest BCUT2D eigenvalue weighted by molar-refractivity contribution is 0.102. The van der Waals surface area contributed by atoms with E-state index in [-0.39, 0.29) is 16.7 Å². The summed E-state index contributed by atoms with van der Waals surface area (Å²) in [6.45, 7) is 4.03. The molecule has 0 unspecified atom stereocenters. The average Bonchev–Trinajstić information content (AvgIpc) is 2.97. The monoisotopic (exact) mass is 353 g/mol. The molecule has 0 atom stereocenters. The third-order valence-electron chi connectivity index (χ3n) is 3.20. The first-order valence-electron chi connectivity index (χ1n) is 7.01. The molecule has 1 N–H and O–H groups in total. The summed E-state index contributed by atoms with van der Waals surface area (Å²) >= 11 is 1.29. The van der Waals surface area contributed by atoms with Gasteiger partial charge in [-0.25, -0.2) is 17.7 Å². The van der Waals surface area contributed by atoms with Gasteiger partial charge in [-0.2, -0.15) is 0 Å². The molecule has 0 spiro atoms.